The van der Waals surface area contributed by atoms with E-state index in [1.807, 2.05) is 0 Å². The van der Waals surface area contributed by atoms with E-state index in [2.05, 4.69) is 40.4 Å². The topological polar surface area (TPSA) is 0 Å². The molecule has 1 unspecified atom stereocenters. The van der Waals surface area contributed by atoms with Crippen molar-refractivity contribution in [1.29, 1.82) is 0 Å². The van der Waals surface area contributed by atoms with E-state index in [9.17, 15) is 0 Å². The van der Waals surface area contributed by atoms with E-state index >= 15 is 0 Å². The lowest BCUT2D eigenvalue weighted by Crippen LogP contribution is -1.88. The van der Waals surface area contributed by atoms with Gasteiger partial charge < -0.3 is 0 Å². The Balaban J connectivity index is 0.000000810. The number of hydrogen-bond donors (Lipinski definition) is 0. The Morgan fingerprint density at radius 1 is 1.20 bits per heavy atom. The molecule has 0 N–H and O–H groups in total. The molecule has 1 atom stereocenters. The molecule has 0 aliphatic carbocycles. The molecule has 0 saturated carbocycles. The van der Waals surface area contributed by atoms with Gasteiger partial charge in [0, 0.05) is 0 Å². The molecule has 0 heterocycles. The lowest BCUT2D eigenvalue weighted by atomic mass is 10.2. The molecule has 0 saturated heterocycles. The zero-order chi connectivity index (χ0) is 6.69. The van der Waals surface area contributed by atoms with Crippen LogP contribution in [0, 0.1) is 0 Å². The van der Waals surface area contributed by atoms with E-state index in [1.54, 1.807) is 0 Å². The molecule has 0 fully saturated rings. The zero-order valence-electron chi connectivity index (χ0n) is 6.00. The maximum Gasteiger partial charge on any atom is -0.0302 e. The zero-order valence-corrected chi connectivity index (χ0v) is 8.87. The van der Waals surface area contributed by atoms with Crippen molar-refractivity contribution in [3.63, 3.8) is 0 Å². The molecular formula is C8H12BrP. The predicted molar refractivity (Wildman–Crippen MR) is 55.5 cm³/mol. The van der Waals surface area contributed by atoms with Crippen LogP contribution in [0.15, 0.2) is 24.3 Å². The Hall–Kier alpha value is 0.130. The highest BCUT2D eigenvalue weighted by atomic mass is 79.9. The lowest BCUT2D eigenvalue weighted by molar-refractivity contribution is 1.14. The normalized spacial score (nSPS) is 8.60. The van der Waals surface area contributed by atoms with Gasteiger partial charge in [-0.3, -0.25) is 0 Å². The van der Waals surface area contributed by atoms with Crippen LogP contribution in [0.5, 0.6) is 0 Å². The molecule has 0 aliphatic heterocycles. The van der Waals surface area contributed by atoms with E-state index < -0.39 is 0 Å². The molecule has 1 aromatic rings. The summed E-state index contributed by atoms with van der Waals surface area (Å²) in [6.07, 6.45) is 1.13. The van der Waals surface area contributed by atoms with Crippen LogP contribution in [0.4, 0.5) is 0 Å². The minimum atomic E-state index is 0. The predicted octanol–water partition coefficient (Wildman–Crippen LogP) is 2.33. The third-order valence-electron chi connectivity index (χ3n) is 1.39. The number of rotatable bonds is 1. The van der Waals surface area contributed by atoms with Gasteiger partial charge in [-0.25, -0.2) is 0 Å². The molecule has 0 spiro atoms. The molecule has 0 amide bonds. The SMILES string of the molecule is Br.CCc1ccc(P)cc1. The van der Waals surface area contributed by atoms with Crippen LogP contribution in [0.25, 0.3) is 0 Å². The monoisotopic (exact) mass is 218 g/mol. The van der Waals surface area contributed by atoms with E-state index in [0.717, 1.165) is 6.42 Å². The summed E-state index contributed by atoms with van der Waals surface area (Å²) >= 11 is 0. The fourth-order valence-corrected chi connectivity index (χ4v) is 0.946. The minimum Gasteiger partial charge on any atom is -0.114 e. The second-order valence-corrected chi connectivity index (χ2v) is 2.76. The third kappa shape index (κ3) is 2.81. The standard InChI is InChI=1S/C8H11P.BrH/c1-2-7-3-5-8(9)6-4-7;/h3-6H,2,9H2,1H3;1H. The molecule has 2 heteroatoms. The van der Waals surface area contributed by atoms with Gasteiger partial charge in [0.1, 0.15) is 0 Å². The summed E-state index contributed by atoms with van der Waals surface area (Å²) in [4.78, 5) is 0. The maximum atomic E-state index is 2.67. The summed E-state index contributed by atoms with van der Waals surface area (Å²) < 4.78 is 0. The summed E-state index contributed by atoms with van der Waals surface area (Å²) in [5.41, 5.74) is 1.40. The van der Waals surface area contributed by atoms with E-state index in [-0.39, 0.29) is 17.0 Å². The van der Waals surface area contributed by atoms with Gasteiger partial charge in [-0.1, -0.05) is 31.2 Å². The van der Waals surface area contributed by atoms with Gasteiger partial charge in [0.25, 0.3) is 0 Å². The number of aryl methyl sites for hydroxylation is 1. The van der Waals surface area contributed by atoms with Gasteiger partial charge in [0.15, 0.2) is 0 Å². The van der Waals surface area contributed by atoms with Gasteiger partial charge in [-0.15, -0.1) is 26.2 Å². The summed E-state index contributed by atoms with van der Waals surface area (Å²) in [6, 6.07) is 8.54. The number of halogens is 1. The van der Waals surface area contributed by atoms with Crippen LogP contribution in [-0.4, -0.2) is 0 Å². The van der Waals surface area contributed by atoms with Crippen molar-refractivity contribution in [3.05, 3.63) is 29.8 Å². The highest BCUT2D eigenvalue weighted by Crippen LogP contribution is 1.98. The summed E-state index contributed by atoms with van der Waals surface area (Å²) in [5, 5.41) is 1.26. The lowest BCUT2D eigenvalue weighted by Gasteiger charge is -1.94. The third-order valence-corrected chi connectivity index (χ3v) is 1.77. The van der Waals surface area contributed by atoms with Crippen molar-refractivity contribution < 1.29 is 0 Å². The summed E-state index contributed by atoms with van der Waals surface area (Å²) in [5.74, 6) is 0. The van der Waals surface area contributed by atoms with Crippen LogP contribution in [0.1, 0.15) is 12.5 Å². The number of benzene rings is 1. The average Bonchev–Trinajstić information content (AvgIpc) is 1.90. The Bertz CT molecular complexity index is 181. The highest BCUT2D eigenvalue weighted by Gasteiger charge is 1.84. The average molecular weight is 219 g/mol. The van der Waals surface area contributed by atoms with E-state index in [0.29, 0.717) is 0 Å². The van der Waals surface area contributed by atoms with Crippen molar-refractivity contribution in [1.82, 2.24) is 0 Å². The highest BCUT2D eigenvalue weighted by molar-refractivity contribution is 8.93. The van der Waals surface area contributed by atoms with E-state index in [4.69, 9.17) is 0 Å². The fraction of sp³-hybridized carbons (Fsp3) is 0.250. The van der Waals surface area contributed by atoms with Crippen LogP contribution < -0.4 is 5.30 Å². The van der Waals surface area contributed by atoms with Gasteiger partial charge in [0.05, 0.1) is 0 Å². The smallest absolute Gasteiger partial charge is 0.0302 e. The second-order valence-electron chi connectivity index (χ2n) is 2.10. The van der Waals surface area contributed by atoms with Crippen molar-refractivity contribution in [2.45, 2.75) is 13.3 Å². The molecule has 56 valence electrons. The van der Waals surface area contributed by atoms with Crippen molar-refractivity contribution >= 4 is 31.5 Å². The summed E-state index contributed by atoms with van der Waals surface area (Å²) in [7, 11) is 2.67. The van der Waals surface area contributed by atoms with Crippen molar-refractivity contribution in [3.8, 4) is 0 Å². The Kier molecular flexibility index (Phi) is 4.93. The Morgan fingerprint density at radius 2 is 1.70 bits per heavy atom. The first-order valence-corrected chi connectivity index (χ1v) is 3.75. The summed E-state index contributed by atoms with van der Waals surface area (Å²) in [6.45, 7) is 2.16. The molecule has 1 rings (SSSR count). The molecule has 0 radical (unpaired) electrons. The Labute approximate surface area is 75.0 Å². The first-order chi connectivity index (χ1) is 4.33. The molecular weight excluding hydrogens is 207 g/mol. The van der Waals surface area contributed by atoms with Gasteiger partial charge in [-0.05, 0) is 17.3 Å². The van der Waals surface area contributed by atoms with Crippen molar-refractivity contribution in [2.24, 2.45) is 0 Å². The quantitative estimate of drug-likeness (QED) is 0.636. The van der Waals surface area contributed by atoms with Crippen LogP contribution in [0.3, 0.4) is 0 Å². The minimum absolute atomic E-state index is 0. The van der Waals surface area contributed by atoms with Gasteiger partial charge in [0.2, 0.25) is 0 Å². The first-order valence-electron chi connectivity index (χ1n) is 3.17. The van der Waals surface area contributed by atoms with Gasteiger partial charge >= 0.3 is 0 Å². The molecule has 0 aromatic heterocycles. The molecule has 0 aliphatic rings. The fourth-order valence-electron chi connectivity index (χ4n) is 0.753. The van der Waals surface area contributed by atoms with Crippen molar-refractivity contribution in [2.75, 3.05) is 0 Å². The van der Waals surface area contributed by atoms with E-state index in [1.165, 1.54) is 10.9 Å². The van der Waals surface area contributed by atoms with Crippen LogP contribution >= 0.6 is 26.2 Å². The largest absolute Gasteiger partial charge is 0.114 e. The second kappa shape index (κ2) is 4.87. The van der Waals surface area contributed by atoms with Crippen LogP contribution in [-0.2, 0) is 6.42 Å². The molecule has 10 heavy (non-hydrogen) atoms. The molecule has 0 nitrogen and oxygen atoms in total. The first kappa shape index (κ1) is 10.1. The molecule has 0 bridgehead atoms. The van der Waals surface area contributed by atoms with Gasteiger partial charge in [-0.2, -0.15) is 0 Å². The number of hydrogen-bond acceptors (Lipinski definition) is 0. The Morgan fingerprint density at radius 3 is 2.10 bits per heavy atom. The van der Waals surface area contributed by atoms with Crippen LogP contribution in [0.2, 0.25) is 0 Å². The molecule has 1 aromatic carbocycles. The maximum absolute atomic E-state index is 2.67.